The Morgan fingerprint density at radius 2 is 2.10 bits per heavy atom. The first-order chi connectivity index (χ1) is 14.9. The van der Waals surface area contributed by atoms with Crippen LogP contribution in [-0.4, -0.2) is 40.8 Å². The van der Waals surface area contributed by atoms with Gasteiger partial charge in [-0.1, -0.05) is 18.2 Å². The Hall–Kier alpha value is -3.76. The van der Waals surface area contributed by atoms with Crippen LogP contribution in [0, 0.1) is 11.3 Å². The minimum Gasteiger partial charge on any atom is -0.457 e. The quantitative estimate of drug-likeness (QED) is 0.561. The van der Waals surface area contributed by atoms with E-state index >= 15 is 0 Å². The number of imide groups is 1. The van der Waals surface area contributed by atoms with E-state index in [2.05, 4.69) is 0 Å². The van der Waals surface area contributed by atoms with Gasteiger partial charge in [0.1, 0.15) is 23.2 Å². The SMILES string of the molecule is CC(=O)C1=CCC=CC(c2ccc(/C=C3/C(=O)N(CCCO)C(=O)C(C#N)=C3C)o2)=C1. The van der Waals surface area contributed by atoms with Crippen molar-refractivity contribution >= 4 is 29.2 Å². The Bertz CT molecular complexity index is 1130. The zero-order valence-corrected chi connectivity index (χ0v) is 17.3. The Balaban J connectivity index is 1.99. The first kappa shape index (κ1) is 21.9. The van der Waals surface area contributed by atoms with Gasteiger partial charge in [0.25, 0.3) is 11.8 Å². The molecule has 0 aromatic carbocycles. The highest BCUT2D eigenvalue weighted by Gasteiger charge is 2.35. The molecule has 0 radical (unpaired) electrons. The number of aliphatic hydroxyl groups excluding tert-OH is 1. The van der Waals surface area contributed by atoms with Gasteiger partial charge in [-0.3, -0.25) is 19.3 Å². The number of furan rings is 1. The molecule has 2 heterocycles. The van der Waals surface area contributed by atoms with E-state index in [0.717, 1.165) is 10.5 Å². The minimum absolute atomic E-state index is 0.0191. The zero-order chi connectivity index (χ0) is 22.5. The standard InChI is InChI=1S/C24H22N2O5/c1-15-20(23(29)26(10-5-11-27)24(30)21(15)14-25)13-19-8-9-22(31-19)18-7-4-3-6-17(12-18)16(2)28/h4,6-9,12-13,27H,3,5,10-11H2,1-2H3/b20-13+. The second kappa shape index (κ2) is 9.37. The van der Waals surface area contributed by atoms with Crippen molar-refractivity contribution in [3.63, 3.8) is 0 Å². The summed E-state index contributed by atoms with van der Waals surface area (Å²) in [6, 6.07) is 5.29. The molecule has 1 aliphatic heterocycles. The van der Waals surface area contributed by atoms with E-state index in [1.165, 1.54) is 13.0 Å². The third kappa shape index (κ3) is 4.55. The van der Waals surface area contributed by atoms with Gasteiger partial charge in [0, 0.05) is 29.9 Å². The highest BCUT2D eigenvalue weighted by Crippen LogP contribution is 2.29. The molecular weight excluding hydrogens is 396 g/mol. The van der Waals surface area contributed by atoms with Gasteiger partial charge in [-0.15, -0.1) is 0 Å². The van der Waals surface area contributed by atoms with Gasteiger partial charge in [-0.05, 0) is 56.5 Å². The Kier molecular flexibility index (Phi) is 6.63. The van der Waals surface area contributed by atoms with Crippen LogP contribution in [0.1, 0.15) is 38.2 Å². The van der Waals surface area contributed by atoms with Crippen LogP contribution >= 0.6 is 0 Å². The van der Waals surface area contributed by atoms with Gasteiger partial charge in [-0.25, -0.2) is 0 Å². The largest absolute Gasteiger partial charge is 0.457 e. The number of allylic oxidation sites excluding steroid dienone is 6. The number of carbonyl (C=O) groups excluding carboxylic acids is 3. The lowest BCUT2D eigenvalue weighted by molar-refractivity contribution is -0.140. The highest BCUT2D eigenvalue weighted by molar-refractivity contribution is 6.19. The number of Topliss-reactive ketones (excluding diaryl/α,β-unsaturated/α-hetero) is 1. The molecule has 3 rings (SSSR count). The number of ketones is 1. The molecular formula is C24H22N2O5. The lowest BCUT2D eigenvalue weighted by atomic mass is 9.94. The van der Waals surface area contributed by atoms with Gasteiger partial charge in [-0.2, -0.15) is 5.26 Å². The van der Waals surface area contributed by atoms with Crippen LogP contribution in [0.15, 0.2) is 63.1 Å². The van der Waals surface area contributed by atoms with Gasteiger partial charge in [0.15, 0.2) is 5.78 Å². The van der Waals surface area contributed by atoms with Crippen LogP contribution in [0.5, 0.6) is 0 Å². The minimum atomic E-state index is -0.659. The molecule has 1 aromatic heterocycles. The average molecular weight is 418 g/mol. The van der Waals surface area contributed by atoms with Crippen LogP contribution in [0.3, 0.4) is 0 Å². The van der Waals surface area contributed by atoms with Crippen LogP contribution in [0.2, 0.25) is 0 Å². The number of amides is 2. The number of nitrogens with zero attached hydrogens (tertiary/aromatic N) is 2. The van der Waals surface area contributed by atoms with Crippen molar-refractivity contribution in [1.29, 1.82) is 5.26 Å². The molecule has 1 aliphatic carbocycles. The predicted octanol–water partition coefficient (Wildman–Crippen LogP) is 3.11. The molecule has 1 N–H and O–H groups in total. The molecule has 0 bridgehead atoms. The maximum atomic E-state index is 12.9. The monoisotopic (exact) mass is 418 g/mol. The molecule has 1 aromatic rings. The van der Waals surface area contributed by atoms with E-state index < -0.39 is 11.8 Å². The summed E-state index contributed by atoms with van der Waals surface area (Å²) in [5, 5.41) is 18.5. The molecule has 2 amide bonds. The fourth-order valence-corrected chi connectivity index (χ4v) is 3.35. The molecule has 0 spiro atoms. The molecule has 0 atom stereocenters. The van der Waals surface area contributed by atoms with Crippen molar-refractivity contribution in [3.8, 4) is 6.07 Å². The summed E-state index contributed by atoms with van der Waals surface area (Å²) in [7, 11) is 0. The van der Waals surface area contributed by atoms with Gasteiger partial charge in [0.2, 0.25) is 0 Å². The molecule has 0 unspecified atom stereocenters. The molecule has 0 fully saturated rings. The highest BCUT2D eigenvalue weighted by atomic mass is 16.3. The second-order valence-electron chi connectivity index (χ2n) is 7.16. The number of hydrogen-bond donors (Lipinski definition) is 1. The van der Waals surface area contributed by atoms with Crippen LogP contribution < -0.4 is 0 Å². The smallest absolute Gasteiger partial charge is 0.271 e. The molecule has 7 nitrogen and oxygen atoms in total. The topological polar surface area (TPSA) is 112 Å². The Morgan fingerprint density at radius 3 is 2.77 bits per heavy atom. The normalized spacial score (nSPS) is 18.1. The summed E-state index contributed by atoms with van der Waals surface area (Å²) >= 11 is 0. The zero-order valence-electron chi connectivity index (χ0n) is 17.3. The summed E-state index contributed by atoms with van der Waals surface area (Å²) < 4.78 is 5.88. The summed E-state index contributed by atoms with van der Waals surface area (Å²) in [4.78, 5) is 38.1. The summed E-state index contributed by atoms with van der Waals surface area (Å²) in [6.45, 7) is 2.89. The molecule has 0 saturated carbocycles. The average Bonchev–Trinajstić information content (AvgIpc) is 3.06. The molecule has 158 valence electrons. The molecule has 0 saturated heterocycles. The van der Waals surface area contributed by atoms with E-state index in [4.69, 9.17) is 9.52 Å². The first-order valence-electron chi connectivity index (χ1n) is 9.87. The number of nitriles is 1. The van der Waals surface area contributed by atoms with Crippen molar-refractivity contribution in [2.45, 2.75) is 26.7 Å². The van der Waals surface area contributed by atoms with E-state index in [1.54, 1.807) is 25.1 Å². The summed E-state index contributed by atoms with van der Waals surface area (Å²) in [5.41, 5.74) is 1.68. The summed E-state index contributed by atoms with van der Waals surface area (Å²) in [5.74, 6) is -0.342. The number of hydrogen-bond acceptors (Lipinski definition) is 6. The third-order valence-corrected chi connectivity index (χ3v) is 5.05. The van der Waals surface area contributed by atoms with Crippen LogP contribution in [-0.2, 0) is 14.4 Å². The van der Waals surface area contributed by atoms with E-state index in [1.807, 2.05) is 24.3 Å². The van der Waals surface area contributed by atoms with Gasteiger partial charge < -0.3 is 9.52 Å². The van der Waals surface area contributed by atoms with Crippen LogP contribution in [0.4, 0.5) is 0 Å². The Labute approximate surface area is 179 Å². The number of aliphatic hydroxyl groups is 1. The van der Waals surface area contributed by atoms with Crippen molar-refractivity contribution in [3.05, 3.63) is 70.2 Å². The van der Waals surface area contributed by atoms with Crippen molar-refractivity contribution < 1.29 is 23.9 Å². The lowest BCUT2D eigenvalue weighted by Gasteiger charge is -2.27. The molecule has 2 aliphatic rings. The van der Waals surface area contributed by atoms with E-state index in [9.17, 15) is 19.6 Å². The fraction of sp³-hybridized carbons (Fsp3) is 0.250. The molecule has 7 heteroatoms. The van der Waals surface area contributed by atoms with E-state index in [0.29, 0.717) is 23.5 Å². The third-order valence-electron chi connectivity index (χ3n) is 5.05. The van der Waals surface area contributed by atoms with Gasteiger partial charge >= 0.3 is 0 Å². The maximum Gasteiger partial charge on any atom is 0.271 e. The Morgan fingerprint density at radius 1 is 1.32 bits per heavy atom. The van der Waals surface area contributed by atoms with Gasteiger partial charge in [0.05, 0.1) is 0 Å². The fourth-order valence-electron chi connectivity index (χ4n) is 3.35. The van der Waals surface area contributed by atoms with Crippen molar-refractivity contribution in [2.24, 2.45) is 0 Å². The molecule has 31 heavy (non-hydrogen) atoms. The van der Waals surface area contributed by atoms with Crippen molar-refractivity contribution in [2.75, 3.05) is 13.2 Å². The summed E-state index contributed by atoms with van der Waals surface area (Å²) in [6.07, 6.45) is 9.74. The lowest BCUT2D eigenvalue weighted by Crippen LogP contribution is -2.43. The maximum absolute atomic E-state index is 12.9. The second-order valence-corrected chi connectivity index (χ2v) is 7.16. The predicted molar refractivity (Wildman–Crippen MR) is 114 cm³/mol. The number of carbonyl (C=O) groups is 3. The number of rotatable bonds is 6. The van der Waals surface area contributed by atoms with Crippen LogP contribution in [0.25, 0.3) is 11.6 Å². The van der Waals surface area contributed by atoms with Crippen molar-refractivity contribution in [1.82, 2.24) is 4.90 Å². The first-order valence-corrected chi connectivity index (χ1v) is 9.87. The van der Waals surface area contributed by atoms with E-state index in [-0.39, 0.29) is 42.1 Å².